The maximum Gasteiger partial charge on any atom is 0.264 e. The highest BCUT2D eigenvalue weighted by Gasteiger charge is 2.46. The van der Waals surface area contributed by atoms with Gasteiger partial charge in [-0.2, -0.15) is 0 Å². The second-order valence-electron chi connectivity index (χ2n) is 10.7. The van der Waals surface area contributed by atoms with E-state index in [9.17, 15) is 24.0 Å². The molecule has 2 aromatic carbocycles. The number of piperidine rings is 2. The Hall–Kier alpha value is -4.05. The summed E-state index contributed by atoms with van der Waals surface area (Å²) in [4.78, 5) is 66.0. The first kappa shape index (κ1) is 26.6. The van der Waals surface area contributed by atoms with E-state index in [2.05, 4.69) is 22.5 Å². The number of anilines is 1. The summed E-state index contributed by atoms with van der Waals surface area (Å²) >= 11 is 0. The lowest BCUT2D eigenvalue weighted by atomic mass is 9.80. The lowest BCUT2D eigenvalue weighted by Gasteiger charge is -2.41. The van der Waals surface area contributed by atoms with Crippen molar-refractivity contribution in [3.63, 3.8) is 0 Å². The van der Waals surface area contributed by atoms with Crippen LogP contribution >= 0.6 is 0 Å². The van der Waals surface area contributed by atoms with E-state index in [4.69, 9.17) is 4.74 Å². The quantitative estimate of drug-likeness (QED) is 0.499. The third-order valence-corrected chi connectivity index (χ3v) is 7.81. The summed E-state index contributed by atoms with van der Waals surface area (Å²) < 4.78 is 5.53. The molecule has 1 atom stereocenters. The van der Waals surface area contributed by atoms with Crippen LogP contribution in [0.1, 0.15) is 58.9 Å². The maximum absolute atomic E-state index is 13.4. The summed E-state index contributed by atoms with van der Waals surface area (Å²) in [5, 5.41) is 5.22. The fourth-order valence-corrected chi connectivity index (χ4v) is 5.42. The van der Waals surface area contributed by atoms with Crippen LogP contribution in [0.3, 0.4) is 0 Å². The van der Waals surface area contributed by atoms with Gasteiger partial charge >= 0.3 is 0 Å². The summed E-state index contributed by atoms with van der Waals surface area (Å²) in [6, 6.07) is 13.9. The number of rotatable bonds is 8. The molecule has 0 aliphatic carbocycles. The van der Waals surface area contributed by atoms with Crippen molar-refractivity contribution < 1.29 is 28.7 Å². The van der Waals surface area contributed by atoms with Crippen molar-refractivity contribution in [2.45, 2.75) is 45.3 Å². The van der Waals surface area contributed by atoms with Crippen LogP contribution in [0.5, 0.6) is 0 Å². The molecule has 3 heterocycles. The van der Waals surface area contributed by atoms with Crippen LogP contribution in [0.2, 0.25) is 0 Å². The van der Waals surface area contributed by atoms with E-state index in [1.54, 1.807) is 12.1 Å². The van der Waals surface area contributed by atoms with E-state index in [0.717, 1.165) is 23.3 Å². The van der Waals surface area contributed by atoms with E-state index in [1.165, 1.54) is 0 Å². The zero-order chi connectivity index (χ0) is 27.6. The average Bonchev–Trinajstić information content (AvgIpc) is 3.18. The topological polar surface area (TPSA) is 125 Å². The Bertz CT molecular complexity index is 1300. The number of imide groups is 2. The predicted octanol–water partition coefficient (Wildman–Crippen LogP) is 2.03. The van der Waals surface area contributed by atoms with Gasteiger partial charge in [0.25, 0.3) is 11.8 Å². The maximum atomic E-state index is 13.4. The predicted molar refractivity (Wildman–Crippen MR) is 142 cm³/mol. The van der Waals surface area contributed by atoms with E-state index in [1.807, 2.05) is 36.4 Å². The third-order valence-electron chi connectivity index (χ3n) is 7.81. The Morgan fingerprint density at radius 3 is 2.49 bits per heavy atom. The molecule has 0 aromatic heterocycles. The van der Waals surface area contributed by atoms with Gasteiger partial charge in [-0.25, -0.2) is 0 Å². The van der Waals surface area contributed by atoms with Crippen LogP contribution in [0.4, 0.5) is 5.69 Å². The van der Waals surface area contributed by atoms with E-state index >= 15 is 0 Å². The highest BCUT2D eigenvalue weighted by atomic mass is 16.5. The standard InChI is InChI=1S/C29H32N4O6/c1-29(18-30-24(35)17-39-16-19-6-3-2-4-7-19)12-14-32(15-13-29)21-9-5-8-20-25(21)28(38)33(27(20)37)22-10-11-23(34)31-26(22)36/h2-9,22H,10-18H2,1H3,(H,30,35)(H,31,34,36). The fourth-order valence-electron chi connectivity index (χ4n) is 5.42. The highest BCUT2D eigenvalue weighted by molar-refractivity contribution is 6.25. The van der Waals surface area contributed by atoms with Gasteiger partial charge in [0.15, 0.2) is 0 Å². The fraction of sp³-hybridized carbons (Fsp3) is 0.414. The minimum atomic E-state index is -0.993. The molecule has 39 heavy (non-hydrogen) atoms. The average molecular weight is 533 g/mol. The number of ether oxygens (including phenoxy) is 1. The van der Waals surface area contributed by atoms with Gasteiger partial charge in [0.05, 0.1) is 23.4 Å². The number of benzene rings is 2. The Labute approximate surface area is 226 Å². The van der Waals surface area contributed by atoms with E-state index in [0.29, 0.717) is 37.5 Å². The summed E-state index contributed by atoms with van der Waals surface area (Å²) in [5.41, 5.74) is 2.14. The number of carbonyl (C=O) groups excluding carboxylic acids is 5. The van der Waals surface area contributed by atoms with Crippen molar-refractivity contribution in [1.29, 1.82) is 0 Å². The Morgan fingerprint density at radius 2 is 1.77 bits per heavy atom. The van der Waals surface area contributed by atoms with Crippen molar-refractivity contribution in [3.05, 3.63) is 65.2 Å². The zero-order valence-corrected chi connectivity index (χ0v) is 21.9. The normalized spacial score (nSPS) is 20.6. The van der Waals surface area contributed by atoms with E-state index in [-0.39, 0.29) is 36.3 Å². The van der Waals surface area contributed by atoms with Crippen LogP contribution in [0, 0.1) is 5.41 Å². The molecule has 1 unspecified atom stereocenters. The first-order chi connectivity index (χ1) is 18.8. The second kappa shape index (κ2) is 11.0. The lowest BCUT2D eigenvalue weighted by molar-refractivity contribution is -0.136. The molecule has 3 aliphatic heterocycles. The molecule has 10 nitrogen and oxygen atoms in total. The molecule has 2 fully saturated rings. The molecule has 2 saturated heterocycles. The molecule has 5 amide bonds. The first-order valence-corrected chi connectivity index (χ1v) is 13.2. The number of nitrogens with zero attached hydrogens (tertiary/aromatic N) is 2. The van der Waals surface area contributed by atoms with Crippen LogP contribution in [0.25, 0.3) is 0 Å². The molecule has 2 aromatic rings. The van der Waals surface area contributed by atoms with Gasteiger partial charge in [-0.05, 0) is 42.4 Å². The number of nitrogens with one attached hydrogen (secondary N) is 2. The zero-order valence-electron chi connectivity index (χ0n) is 21.9. The number of hydrogen-bond donors (Lipinski definition) is 2. The molecule has 3 aliphatic rings. The molecule has 5 rings (SSSR count). The monoisotopic (exact) mass is 532 g/mol. The number of fused-ring (bicyclic) bond motifs is 1. The van der Waals surface area contributed by atoms with Crippen LogP contribution in [-0.2, 0) is 25.7 Å². The molecular formula is C29H32N4O6. The van der Waals surface area contributed by atoms with Gasteiger partial charge in [-0.1, -0.05) is 43.3 Å². The number of amides is 5. The van der Waals surface area contributed by atoms with Crippen LogP contribution < -0.4 is 15.5 Å². The van der Waals surface area contributed by atoms with Crippen molar-refractivity contribution >= 4 is 35.2 Å². The minimum absolute atomic E-state index is 0.00688. The SMILES string of the molecule is CC1(CNC(=O)COCc2ccccc2)CCN(c2cccc3c2C(=O)N(C2CCC(=O)NC2=O)C3=O)CC1. The number of carbonyl (C=O) groups is 5. The summed E-state index contributed by atoms with van der Waals surface area (Å²) in [7, 11) is 0. The molecule has 10 heteroatoms. The molecule has 0 radical (unpaired) electrons. The molecule has 204 valence electrons. The molecule has 2 N–H and O–H groups in total. The second-order valence-corrected chi connectivity index (χ2v) is 10.7. The lowest BCUT2D eigenvalue weighted by Crippen LogP contribution is -2.54. The van der Waals surface area contributed by atoms with E-state index < -0.39 is 29.7 Å². The minimum Gasteiger partial charge on any atom is -0.371 e. The molecule has 0 spiro atoms. The van der Waals surface area contributed by atoms with Gasteiger partial charge in [0.1, 0.15) is 12.6 Å². The van der Waals surface area contributed by atoms with Crippen LogP contribution in [-0.4, -0.2) is 66.7 Å². The van der Waals surface area contributed by atoms with Crippen molar-refractivity contribution in [2.75, 3.05) is 31.1 Å². The van der Waals surface area contributed by atoms with Gasteiger partial charge in [-0.3, -0.25) is 34.2 Å². The smallest absolute Gasteiger partial charge is 0.264 e. The van der Waals surface area contributed by atoms with Crippen molar-refractivity contribution in [1.82, 2.24) is 15.5 Å². The van der Waals surface area contributed by atoms with Gasteiger partial charge in [-0.15, -0.1) is 0 Å². The summed E-state index contributed by atoms with van der Waals surface area (Å²) in [6.07, 6.45) is 1.76. The Morgan fingerprint density at radius 1 is 1.03 bits per heavy atom. The van der Waals surface area contributed by atoms with Crippen LogP contribution in [0.15, 0.2) is 48.5 Å². The van der Waals surface area contributed by atoms with Crippen molar-refractivity contribution in [3.8, 4) is 0 Å². The Balaban J connectivity index is 1.17. The van der Waals surface area contributed by atoms with Gasteiger partial charge in [0.2, 0.25) is 17.7 Å². The highest BCUT2D eigenvalue weighted by Crippen LogP contribution is 2.38. The third kappa shape index (κ3) is 5.56. The Kier molecular flexibility index (Phi) is 7.47. The van der Waals surface area contributed by atoms with Crippen molar-refractivity contribution in [2.24, 2.45) is 5.41 Å². The summed E-state index contributed by atoms with van der Waals surface area (Å²) in [6.45, 7) is 4.31. The largest absolute Gasteiger partial charge is 0.371 e. The summed E-state index contributed by atoms with van der Waals surface area (Å²) in [5.74, 6) is -2.20. The molecule has 0 saturated carbocycles. The van der Waals surface area contributed by atoms with Gasteiger partial charge < -0.3 is 15.0 Å². The number of hydrogen-bond acceptors (Lipinski definition) is 7. The molecule has 0 bridgehead atoms. The first-order valence-electron chi connectivity index (χ1n) is 13.2. The van der Waals surface area contributed by atoms with Gasteiger partial charge in [0, 0.05) is 26.1 Å². The molecular weight excluding hydrogens is 500 g/mol.